The number of ether oxygens (including phenoxy) is 3. The molecule has 0 radical (unpaired) electrons. The van der Waals surface area contributed by atoms with E-state index in [-0.39, 0.29) is 48.0 Å². The monoisotopic (exact) mass is 769 g/mol. The number of rotatable bonds is 15. The van der Waals surface area contributed by atoms with E-state index < -0.39 is 0 Å². The van der Waals surface area contributed by atoms with Gasteiger partial charge in [0.15, 0.2) is 0 Å². The lowest BCUT2D eigenvalue weighted by Gasteiger charge is -2.62. The molecule has 6 rings (SSSR count). The van der Waals surface area contributed by atoms with E-state index in [1.807, 2.05) is 48.5 Å². The maximum atomic E-state index is 13.1. The van der Waals surface area contributed by atoms with Crippen LogP contribution in [0.15, 0.2) is 48.5 Å². The second-order valence-corrected chi connectivity index (χ2v) is 17.9. The van der Waals surface area contributed by atoms with Crippen molar-refractivity contribution in [3.8, 4) is 5.75 Å². The molecule has 53 heavy (non-hydrogen) atoms. The number of nitrogens with zero attached hydrogens (tertiary/aromatic N) is 1. The lowest BCUT2D eigenvalue weighted by atomic mass is 9.43. The number of hydrogen-bond acceptors (Lipinski definition) is 7. The van der Waals surface area contributed by atoms with Crippen molar-refractivity contribution in [1.82, 2.24) is 0 Å². The molecule has 0 amide bonds. The molecule has 10 atom stereocenters. The maximum absolute atomic E-state index is 13.1. The van der Waals surface area contributed by atoms with Gasteiger partial charge < -0.3 is 24.2 Å². The van der Waals surface area contributed by atoms with E-state index in [4.69, 9.17) is 37.4 Å². The molecular weight excluding hydrogens is 709 g/mol. The van der Waals surface area contributed by atoms with Gasteiger partial charge in [-0.1, -0.05) is 45.0 Å². The van der Waals surface area contributed by atoms with Crippen LogP contribution in [0, 0.1) is 46.3 Å². The molecule has 0 spiro atoms. The molecule has 1 unspecified atom stereocenters. The molecule has 4 saturated carbocycles. The van der Waals surface area contributed by atoms with E-state index in [0.717, 1.165) is 80.6 Å². The van der Waals surface area contributed by atoms with Crippen molar-refractivity contribution in [2.45, 2.75) is 110 Å². The summed E-state index contributed by atoms with van der Waals surface area (Å²) in [4.78, 5) is 28.0. The van der Waals surface area contributed by atoms with Gasteiger partial charge in [0.05, 0.1) is 19.6 Å². The number of anilines is 1. The number of carbonyl (C=O) groups is 2. The first-order valence-electron chi connectivity index (χ1n) is 20.1. The number of fused-ring (bicyclic) bond motifs is 5. The van der Waals surface area contributed by atoms with E-state index in [9.17, 15) is 14.7 Å². The Hall–Kier alpha value is -2.48. The third kappa shape index (κ3) is 8.83. The Morgan fingerprint density at radius 3 is 2.21 bits per heavy atom. The van der Waals surface area contributed by atoms with Gasteiger partial charge in [-0.2, -0.15) is 0 Å². The van der Waals surface area contributed by atoms with E-state index >= 15 is 0 Å². The number of carbonyl (C=O) groups excluding carboxylic acids is 2. The number of hydrogen-bond donors (Lipinski definition) is 1. The minimum absolute atomic E-state index is 0.0972. The molecular formula is C44H61Cl2NO6. The summed E-state index contributed by atoms with van der Waals surface area (Å²) in [6, 6.07) is 15.7. The zero-order chi connectivity index (χ0) is 37.8. The first-order chi connectivity index (χ1) is 25.5. The largest absolute Gasteiger partial charge is 0.497 e. The van der Waals surface area contributed by atoms with E-state index in [2.05, 4.69) is 25.7 Å². The lowest BCUT2D eigenvalue weighted by molar-refractivity contribution is -0.182. The smallest absolute Gasteiger partial charge is 0.310 e. The van der Waals surface area contributed by atoms with Crippen LogP contribution < -0.4 is 9.64 Å². The Morgan fingerprint density at radius 2 is 1.53 bits per heavy atom. The first kappa shape index (κ1) is 40.2. The Bertz CT molecular complexity index is 1510. The molecule has 2 aromatic carbocycles. The molecule has 1 N–H and O–H groups in total. The quantitative estimate of drug-likeness (QED) is 0.143. The highest BCUT2D eigenvalue weighted by Crippen LogP contribution is 2.68. The van der Waals surface area contributed by atoms with E-state index in [1.165, 1.54) is 12.8 Å². The van der Waals surface area contributed by atoms with Crippen molar-refractivity contribution in [1.29, 1.82) is 0 Å². The van der Waals surface area contributed by atoms with Crippen LogP contribution in [-0.2, 0) is 32.1 Å². The minimum atomic E-state index is -0.324. The third-order valence-corrected chi connectivity index (χ3v) is 14.8. The van der Waals surface area contributed by atoms with Crippen LogP contribution in [0.3, 0.4) is 0 Å². The summed E-state index contributed by atoms with van der Waals surface area (Å²) in [6.07, 6.45) is 9.30. The zero-order valence-corrected chi connectivity index (χ0v) is 33.8. The molecule has 9 heteroatoms. The van der Waals surface area contributed by atoms with E-state index in [0.29, 0.717) is 53.7 Å². The van der Waals surface area contributed by atoms with Crippen LogP contribution in [0.1, 0.15) is 96.1 Å². The van der Waals surface area contributed by atoms with Crippen molar-refractivity contribution in [2.75, 3.05) is 36.9 Å². The van der Waals surface area contributed by atoms with Gasteiger partial charge in [-0.3, -0.25) is 9.59 Å². The van der Waals surface area contributed by atoms with Crippen molar-refractivity contribution >= 4 is 40.8 Å². The van der Waals surface area contributed by atoms with Crippen LogP contribution in [0.4, 0.5) is 5.69 Å². The Morgan fingerprint density at radius 1 is 0.868 bits per heavy atom. The second-order valence-electron chi connectivity index (χ2n) is 17.1. The van der Waals surface area contributed by atoms with Crippen LogP contribution in [0.5, 0.6) is 5.75 Å². The topological polar surface area (TPSA) is 85.3 Å². The number of halogens is 2. The van der Waals surface area contributed by atoms with Gasteiger partial charge in [-0.15, -0.1) is 23.2 Å². The standard InChI is InChI=1S/C44H61Cl2NO6/c1-29(5-16-40(49)52-28-31-8-12-34(51-4)13-9-31)36-14-15-37-42-38(18-20-44(36,37)3)43(2)19-17-35(26-32(43)27-39(42)48)53-41(50)25-30-6-10-33(11-7-30)47(23-21-45)24-22-46/h6-13,29,32,35-39,42,48H,5,14-28H2,1-4H3/t29-,32?,35+,36-,37+,38+,39+,42+,43+,44-/m1/s1. The number of esters is 2. The fourth-order valence-corrected chi connectivity index (χ4v) is 12.0. The summed E-state index contributed by atoms with van der Waals surface area (Å²) in [5, 5.41) is 11.9. The van der Waals surface area contributed by atoms with Crippen molar-refractivity contribution in [2.24, 2.45) is 46.3 Å². The average Bonchev–Trinajstić information content (AvgIpc) is 3.51. The van der Waals surface area contributed by atoms with Crippen LogP contribution >= 0.6 is 23.2 Å². The van der Waals surface area contributed by atoms with Gasteiger partial charge >= 0.3 is 11.9 Å². The molecule has 0 saturated heterocycles. The number of aliphatic hydroxyl groups excluding tert-OH is 1. The SMILES string of the molecule is COc1ccc(COC(=O)CC[C@@H](C)[C@H]2CC[C@H]3[C@@H]4[C@@H](O)CC5C[C@@H](OC(=O)Cc6ccc(N(CCCl)CCCl)cc6)CC[C@]5(C)[C@H]4CC[C@]23C)cc1. The number of alkyl halides is 2. The van der Waals surface area contributed by atoms with Crippen LogP contribution in [0.2, 0.25) is 0 Å². The van der Waals surface area contributed by atoms with Crippen LogP contribution in [-0.4, -0.2) is 61.2 Å². The Kier molecular flexibility index (Phi) is 13.3. The van der Waals surface area contributed by atoms with Gasteiger partial charge in [0, 0.05) is 37.0 Å². The summed E-state index contributed by atoms with van der Waals surface area (Å²) >= 11 is 12.0. The highest BCUT2D eigenvalue weighted by molar-refractivity contribution is 6.18. The fraction of sp³-hybridized carbons (Fsp3) is 0.682. The minimum Gasteiger partial charge on any atom is -0.497 e. The van der Waals surface area contributed by atoms with Gasteiger partial charge in [0.1, 0.15) is 18.5 Å². The summed E-state index contributed by atoms with van der Waals surface area (Å²) in [5.41, 5.74) is 3.27. The lowest BCUT2D eigenvalue weighted by Crippen LogP contribution is -2.58. The fourth-order valence-electron chi connectivity index (χ4n) is 11.6. The first-order valence-corrected chi connectivity index (χ1v) is 21.2. The van der Waals surface area contributed by atoms with Gasteiger partial charge in [0.25, 0.3) is 0 Å². The third-order valence-electron chi connectivity index (χ3n) is 14.4. The highest BCUT2D eigenvalue weighted by Gasteiger charge is 2.63. The molecule has 292 valence electrons. The molecule has 0 aromatic heterocycles. The van der Waals surface area contributed by atoms with Crippen molar-refractivity contribution in [3.05, 3.63) is 59.7 Å². The second kappa shape index (κ2) is 17.5. The Labute approximate surface area is 327 Å². The number of aliphatic hydroxyl groups is 1. The normalized spacial score (nSPS) is 32.5. The number of methoxy groups -OCH3 is 1. The Balaban J connectivity index is 1.00. The molecule has 4 fully saturated rings. The maximum Gasteiger partial charge on any atom is 0.310 e. The molecule has 7 nitrogen and oxygen atoms in total. The predicted octanol–water partition coefficient (Wildman–Crippen LogP) is 9.22. The van der Waals surface area contributed by atoms with E-state index in [1.54, 1.807) is 7.11 Å². The predicted molar refractivity (Wildman–Crippen MR) is 211 cm³/mol. The summed E-state index contributed by atoms with van der Waals surface area (Å²) in [7, 11) is 1.64. The average molecular weight is 771 g/mol. The molecule has 4 aliphatic rings. The summed E-state index contributed by atoms with van der Waals surface area (Å²) in [5.74, 6) is 4.15. The van der Waals surface area contributed by atoms with Gasteiger partial charge in [-0.25, -0.2) is 0 Å². The van der Waals surface area contributed by atoms with Crippen molar-refractivity contribution in [3.63, 3.8) is 0 Å². The molecule has 0 heterocycles. The number of benzene rings is 2. The van der Waals surface area contributed by atoms with Gasteiger partial charge in [0.2, 0.25) is 0 Å². The van der Waals surface area contributed by atoms with Crippen molar-refractivity contribution < 1.29 is 28.9 Å². The molecule has 0 aliphatic heterocycles. The van der Waals surface area contributed by atoms with Gasteiger partial charge in [-0.05, 0) is 140 Å². The highest BCUT2D eigenvalue weighted by atomic mass is 35.5. The molecule has 0 bridgehead atoms. The molecule has 2 aromatic rings. The summed E-state index contributed by atoms with van der Waals surface area (Å²) < 4.78 is 17.0. The molecule has 4 aliphatic carbocycles. The zero-order valence-electron chi connectivity index (χ0n) is 32.2. The van der Waals surface area contributed by atoms with Crippen LogP contribution in [0.25, 0.3) is 0 Å². The summed E-state index contributed by atoms with van der Waals surface area (Å²) in [6.45, 7) is 9.02.